The van der Waals surface area contributed by atoms with E-state index in [2.05, 4.69) is 20.5 Å². The minimum absolute atomic E-state index is 0.0782. The zero-order valence-electron chi connectivity index (χ0n) is 20.0. The number of hydrogen-bond acceptors (Lipinski definition) is 6. The van der Waals surface area contributed by atoms with Crippen molar-refractivity contribution in [1.82, 2.24) is 24.4 Å². The number of fused-ring (bicyclic) bond motifs is 1. The van der Waals surface area contributed by atoms with Gasteiger partial charge in [0.05, 0.1) is 41.3 Å². The van der Waals surface area contributed by atoms with E-state index in [-0.39, 0.29) is 17.0 Å². The second kappa shape index (κ2) is 9.36. The van der Waals surface area contributed by atoms with Crippen LogP contribution >= 0.6 is 11.3 Å². The van der Waals surface area contributed by atoms with Gasteiger partial charge in [0.25, 0.3) is 5.91 Å². The van der Waals surface area contributed by atoms with Crippen LogP contribution in [0.1, 0.15) is 33.1 Å². The predicted octanol–water partition coefficient (Wildman–Crippen LogP) is 5.60. The highest BCUT2D eigenvalue weighted by atomic mass is 32.1. The summed E-state index contributed by atoms with van der Waals surface area (Å²) < 4.78 is 49.1. The van der Waals surface area contributed by atoms with Gasteiger partial charge in [-0.05, 0) is 49.1 Å². The van der Waals surface area contributed by atoms with Crippen LogP contribution < -0.4 is 10.1 Å². The molecule has 0 radical (unpaired) electrons. The average Bonchev–Trinajstić information content (AvgIpc) is 3.60. The Kier molecular flexibility index (Phi) is 6.20. The van der Waals surface area contributed by atoms with Crippen LogP contribution in [0.4, 0.5) is 18.9 Å². The van der Waals surface area contributed by atoms with Gasteiger partial charge in [-0.15, -0.1) is 11.3 Å². The summed E-state index contributed by atoms with van der Waals surface area (Å²) in [5.74, 6) is 0.0527. The van der Waals surface area contributed by atoms with Crippen molar-refractivity contribution in [1.29, 1.82) is 0 Å². The van der Waals surface area contributed by atoms with Crippen LogP contribution in [0.2, 0.25) is 0 Å². The number of aromatic nitrogens is 5. The zero-order valence-corrected chi connectivity index (χ0v) is 20.8. The third kappa shape index (κ3) is 4.79. The molecule has 4 aromatic heterocycles. The summed E-state index contributed by atoms with van der Waals surface area (Å²) in [5.41, 5.74) is 1.54. The van der Waals surface area contributed by atoms with Crippen LogP contribution in [0.15, 0.2) is 53.9 Å². The van der Waals surface area contributed by atoms with E-state index >= 15 is 0 Å². The van der Waals surface area contributed by atoms with Crippen molar-refractivity contribution in [2.45, 2.75) is 26.6 Å². The molecule has 0 saturated heterocycles. The van der Waals surface area contributed by atoms with Gasteiger partial charge < -0.3 is 10.1 Å². The molecule has 0 aliphatic carbocycles. The third-order valence-electron chi connectivity index (χ3n) is 5.81. The fourth-order valence-electron chi connectivity index (χ4n) is 3.99. The molecule has 1 amide bonds. The number of carbonyl (C=O) groups excluding carboxylic acids is 1. The van der Waals surface area contributed by atoms with Crippen molar-refractivity contribution in [2.75, 3.05) is 12.4 Å². The van der Waals surface area contributed by atoms with Crippen LogP contribution in [0.3, 0.4) is 0 Å². The first-order valence-corrected chi connectivity index (χ1v) is 12.0. The van der Waals surface area contributed by atoms with Crippen molar-refractivity contribution in [3.63, 3.8) is 0 Å². The molecule has 5 aromatic rings. The van der Waals surface area contributed by atoms with Crippen LogP contribution in [-0.4, -0.2) is 37.4 Å². The van der Waals surface area contributed by atoms with Crippen molar-refractivity contribution in [2.24, 2.45) is 0 Å². The number of methoxy groups -OCH3 is 1. The van der Waals surface area contributed by atoms with Crippen molar-refractivity contribution < 1.29 is 22.7 Å². The van der Waals surface area contributed by atoms with E-state index in [1.165, 1.54) is 17.4 Å². The summed E-state index contributed by atoms with van der Waals surface area (Å²) in [7, 11) is 1.59. The smallest absolute Gasteiger partial charge is 0.433 e. The lowest BCUT2D eigenvalue weighted by atomic mass is 10.2. The van der Waals surface area contributed by atoms with Gasteiger partial charge in [0.1, 0.15) is 5.75 Å². The normalized spacial score (nSPS) is 11.7. The molecular formula is C25H21F3N6O2S. The molecule has 1 aromatic carbocycles. The van der Waals surface area contributed by atoms with E-state index in [1.807, 2.05) is 24.3 Å². The minimum Gasteiger partial charge on any atom is -0.497 e. The minimum atomic E-state index is -4.69. The number of amides is 1. The van der Waals surface area contributed by atoms with Crippen LogP contribution in [0, 0.1) is 13.8 Å². The molecule has 0 unspecified atom stereocenters. The Hall–Kier alpha value is -4.19. The van der Waals surface area contributed by atoms with E-state index in [1.54, 1.807) is 43.2 Å². The highest BCUT2D eigenvalue weighted by Crippen LogP contribution is 2.33. The molecule has 0 spiro atoms. The molecule has 1 N–H and O–H groups in total. The molecule has 0 aliphatic rings. The van der Waals surface area contributed by atoms with Crippen LogP contribution in [0.5, 0.6) is 5.75 Å². The standard InChI is InChI=1S/C25H21F3N6O2S/c1-14-23(15(2)33(31-14)13-16-6-4-7-17(10-16)36-3)30-24(35)19-12-22-29-18(20-8-5-9-37-20)11-21(25(26,27)28)34(22)32-19/h4-12H,13H2,1-3H3,(H,30,35). The lowest BCUT2D eigenvalue weighted by molar-refractivity contribution is -0.142. The average molecular weight is 527 g/mol. The second-order valence-corrected chi connectivity index (χ2v) is 9.26. The summed E-state index contributed by atoms with van der Waals surface area (Å²) in [6.45, 7) is 3.99. The highest BCUT2D eigenvalue weighted by Gasteiger charge is 2.36. The number of rotatable bonds is 6. The predicted molar refractivity (Wildman–Crippen MR) is 133 cm³/mol. The van der Waals surface area contributed by atoms with Gasteiger partial charge in [-0.2, -0.15) is 23.4 Å². The van der Waals surface area contributed by atoms with Gasteiger partial charge in [0, 0.05) is 6.07 Å². The molecule has 0 saturated carbocycles. The Morgan fingerprint density at radius 2 is 1.92 bits per heavy atom. The Balaban J connectivity index is 1.46. The summed E-state index contributed by atoms with van der Waals surface area (Å²) in [4.78, 5) is 18.0. The molecule has 8 nitrogen and oxygen atoms in total. The fourth-order valence-corrected chi connectivity index (χ4v) is 4.68. The monoisotopic (exact) mass is 526 g/mol. The van der Waals surface area contributed by atoms with Gasteiger partial charge in [0.2, 0.25) is 0 Å². The van der Waals surface area contributed by atoms with Gasteiger partial charge in [-0.25, -0.2) is 9.50 Å². The number of nitrogens with one attached hydrogen (secondary N) is 1. The van der Waals surface area contributed by atoms with Crippen molar-refractivity contribution in [3.05, 3.63) is 82.3 Å². The molecule has 5 rings (SSSR count). The van der Waals surface area contributed by atoms with Crippen LogP contribution in [-0.2, 0) is 12.7 Å². The number of anilines is 1. The van der Waals surface area contributed by atoms with Gasteiger partial charge >= 0.3 is 6.18 Å². The number of halogens is 3. The van der Waals surface area contributed by atoms with Crippen LogP contribution in [0.25, 0.3) is 16.2 Å². The van der Waals surface area contributed by atoms with E-state index < -0.39 is 17.8 Å². The fraction of sp³-hybridized carbons (Fsp3) is 0.200. The van der Waals surface area contributed by atoms with Gasteiger partial charge in [-0.1, -0.05) is 18.2 Å². The Morgan fingerprint density at radius 1 is 1.11 bits per heavy atom. The zero-order chi connectivity index (χ0) is 26.3. The largest absolute Gasteiger partial charge is 0.497 e. The Labute approximate surface area is 213 Å². The molecule has 4 heterocycles. The second-order valence-electron chi connectivity index (χ2n) is 8.31. The molecule has 37 heavy (non-hydrogen) atoms. The SMILES string of the molecule is COc1cccc(Cn2nc(C)c(NC(=O)c3cc4nc(-c5cccs5)cc(C(F)(F)F)n4n3)c2C)c1. The molecule has 0 aliphatic heterocycles. The number of carbonyl (C=O) groups is 1. The van der Waals surface area contributed by atoms with Gasteiger partial charge in [-0.3, -0.25) is 9.48 Å². The molecule has 0 bridgehead atoms. The van der Waals surface area contributed by atoms with E-state index in [0.717, 1.165) is 11.6 Å². The number of hydrogen-bond donors (Lipinski definition) is 1. The number of nitrogens with zero attached hydrogens (tertiary/aromatic N) is 5. The summed E-state index contributed by atoms with van der Waals surface area (Å²) >= 11 is 1.27. The Bertz CT molecular complexity index is 1600. The number of aryl methyl sites for hydroxylation is 1. The van der Waals surface area contributed by atoms with Gasteiger partial charge in [0.15, 0.2) is 17.0 Å². The summed E-state index contributed by atoms with van der Waals surface area (Å²) in [6.07, 6.45) is -4.69. The van der Waals surface area contributed by atoms with Crippen molar-refractivity contribution >= 4 is 28.6 Å². The van der Waals surface area contributed by atoms with E-state index in [4.69, 9.17) is 4.74 Å². The maximum Gasteiger partial charge on any atom is 0.433 e. The molecule has 0 atom stereocenters. The number of thiophene rings is 1. The number of alkyl halides is 3. The molecule has 0 fully saturated rings. The number of benzene rings is 1. The van der Waals surface area contributed by atoms with E-state index in [9.17, 15) is 18.0 Å². The summed E-state index contributed by atoms with van der Waals surface area (Å²) in [5, 5.41) is 13.0. The highest BCUT2D eigenvalue weighted by molar-refractivity contribution is 7.13. The summed E-state index contributed by atoms with van der Waals surface area (Å²) in [6, 6.07) is 13.1. The molecule has 12 heteroatoms. The maximum absolute atomic E-state index is 13.8. The first-order chi connectivity index (χ1) is 17.6. The topological polar surface area (TPSA) is 86.3 Å². The lowest BCUT2D eigenvalue weighted by Gasteiger charge is -2.10. The maximum atomic E-state index is 13.8. The third-order valence-corrected chi connectivity index (χ3v) is 6.70. The Morgan fingerprint density at radius 3 is 2.62 bits per heavy atom. The first kappa shape index (κ1) is 24.5. The lowest BCUT2D eigenvalue weighted by Crippen LogP contribution is -2.16. The first-order valence-electron chi connectivity index (χ1n) is 11.1. The quantitative estimate of drug-likeness (QED) is 0.311. The number of ether oxygens (including phenoxy) is 1. The van der Waals surface area contributed by atoms with Crippen molar-refractivity contribution in [3.8, 4) is 16.3 Å². The van der Waals surface area contributed by atoms with E-state index in [0.29, 0.717) is 38.8 Å². The molecular weight excluding hydrogens is 505 g/mol. The molecule has 190 valence electrons.